The molecule has 0 aliphatic rings. The number of phenols is 1. The van der Waals surface area contributed by atoms with Crippen LogP contribution in [0.15, 0.2) is 18.2 Å². The number of hydrogen-bond donors (Lipinski definition) is 2. The van der Waals surface area contributed by atoms with Gasteiger partial charge in [-0.1, -0.05) is 23.4 Å². The van der Waals surface area contributed by atoms with Crippen molar-refractivity contribution < 1.29 is 10.2 Å². The molecule has 0 radical (unpaired) electrons. The third-order valence-electron chi connectivity index (χ3n) is 1.41. The van der Waals surface area contributed by atoms with Crippen LogP contribution in [0.5, 0.6) is 5.75 Å². The minimum absolute atomic E-state index is 0.0443. The van der Waals surface area contributed by atoms with Gasteiger partial charge in [-0.2, -0.15) is 0 Å². The average molecular weight is 197 g/mol. The zero-order valence-corrected chi connectivity index (χ0v) is 7.67. The lowest BCUT2D eigenvalue weighted by Crippen LogP contribution is -1.79. The molecule has 0 aliphatic heterocycles. The van der Waals surface area contributed by atoms with Gasteiger partial charge in [-0.3, -0.25) is 0 Å². The van der Waals surface area contributed by atoms with E-state index in [2.05, 4.69) is 11.8 Å². The van der Waals surface area contributed by atoms with E-state index in [1.54, 1.807) is 6.07 Å². The van der Waals surface area contributed by atoms with E-state index in [0.29, 0.717) is 17.0 Å². The second-order valence-corrected chi connectivity index (χ2v) is 2.85. The topological polar surface area (TPSA) is 40.5 Å². The molecular formula is C10H9ClO2. The Morgan fingerprint density at radius 1 is 1.38 bits per heavy atom. The number of phenolic OH excluding ortho intramolecular Hbond substituents is 1. The zero-order valence-electron chi connectivity index (χ0n) is 6.92. The summed E-state index contributed by atoms with van der Waals surface area (Å²) in [5.41, 5.74) is 0.660. The van der Waals surface area contributed by atoms with Crippen LogP contribution in [0, 0.1) is 11.8 Å². The summed E-state index contributed by atoms with van der Waals surface area (Å²) in [5, 5.41) is 17.9. The molecule has 13 heavy (non-hydrogen) atoms. The Bertz CT molecular complexity index is 350. The number of aliphatic hydroxyl groups excluding tert-OH is 1. The van der Waals surface area contributed by atoms with Crippen molar-refractivity contribution in [2.24, 2.45) is 0 Å². The monoisotopic (exact) mass is 196 g/mol. The van der Waals surface area contributed by atoms with E-state index < -0.39 is 0 Å². The van der Waals surface area contributed by atoms with Crippen molar-refractivity contribution in [3.05, 3.63) is 28.8 Å². The summed E-state index contributed by atoms with van der Waals surface area (Å²) in [5.74, 6) is 5.66. The van der Waals surface area contributed by atoms with Crippen LogP contribution in [0.2, 0.25) is 5.02 Å². The molecule has 3 heteroatoms. The summed E-state index contributed by atoms with van der Waals surface area (Å²) in [6, 6.07) is 4.60. The van der Waals surface area contributed by atoms with Crippen molar-refractivity contribution in [3.63, 3.8) is 0 Å². The number of halogens is 1. The molecule has 0 aliphatic carbocycles. The molecule has 0 atom stereocenters. The van der Waals surface area contributed by atoms with Crippen molar-refractivity contribution in [1.82, 2.24) is 0 Å². The van der Waals surface area contributed by atoms with Gasteiger partial charge in [0.15, 0.2) is 0 Å². The molecule has 68 valence electrons. The van der Waals surface area contributed by atoms with Gasteiger partial charge in [-0.05, 0) is 18.2 Å². The largest absolute Gasteiger partial charge is 0.508 e. The molecule has 1 aromatic carbocycles. The normalized spacial score (nSPS) is 9.08. The third-order valence-corrected chi connectivity index (χ3v) is 1.73. The first-order chi connectivity index (χ1) is 6.24. The highest BCUT2D eigenvalue weighted by atomic mass is 35.5. The maximum absolute atomic E-state index is 9.04. The van der Waals surface area contributed by atoms with Gasteiger partial charge >= 0.3 is 0 Å². The summed E-state index contributed by atoms with van der Waals surface area (Å²) < 4.78 is 0. The quantitative estimate of drug-likeness (QED) is 0.673. The number of aromatic hydroxyl groups is 1. The number of hydrogen-bond acceptors (Lipinski definition) is 2. The van der Waals surface area contributed by atoms with E-state index >= 15 is 0 Å². The summed E-state index contributed by atoms with van der Waals surface area (Å²) >= 11 is 5.78. The van der Waals surface area contributed by atoms with Crippen LogP contribution in [0.1, 0.15) is 12.0 Å². The SMILES string of the molecule is OCCC#Cc1ccc(O)cc1Cl. The van der Waals surface area contributed by atoms with Crippen LogP contribution < -0.4 is 0 Å². The first-order valence-electron chi connectivity index (χ1n) is 3.82. The van der Waals surface area contributed by atoms with E-state index in [9.17, 15) is 0 Å². The van der Waals surface area contributed by atoms with Gasteiger partial charge in [0, 0.05) is 12.0 Å². The van der Waals surface area contributed by atoms with Crippen molar-refractivity contribution in [3.8, 4) is 17.6 Å². The highest BCUT2D eigenvalue weighted by Gasteiger charge is 1.96. The Balaban J connectivity index is 2.85. The first kappa shape index (κ1) is 9.91. The Morgan fingerprint density at radius 2 is 2.15 bits per heavy atom. The van der Waals surface area contributed by atoms with Gasteiger partial charge in [-0.25, -0.2) is 0 Å². The molecule has 0 bridgehead atoms. The van der Waals surface area contributed by atoms with E-state index in [-0.39, 0.29) is 12.4 Å². The van der Waals surface area contributed by atoms with Gasteiger partial charge < -0.3 is 10.2 Å². The summed E-state index contributed by atoms with van der Waals surface area (Å²) in [7, 11) is 0. The third kappa shape index (κ3) is 2.98. The zero-order chi connectivity index (χ0) is 9.68. The van der Waals surface area contributed by atoms with Gasteiger partial charge in [-0.15, -0.1) is 0 Å². The minimum Gasteiger partial charge on any atom is -0.508 e. The van der Waals surface area contributed by atoms with Crippen LogP contribution in [0.3, 0.4) is 0 Å². The molecule has 1 rings (SSSR count). The van der Waals surface area contributed by atoms with E-state index in [0.717, 1.165) is 0 Å². The fraction of sp³-hybridized carbons (Fsp3) is 0.200. The van der Waals surface area contributed by atoms with E-state index in [1.807, 2.05) is 0 Å². The standard InChI is InChI=1S/C10H9ClO2/c11-10-7-9(13)5-4-8(10)3-1-2-6-12/h4-5,7,12-13H,2,6H2. The van der Waals surface area contributed by atoms with E-state index in [4.69, 9.17) is 21.8 Å². The predicted octanol–water partition coefficient (Wildman–Crippen LogP) is 1.78. The summed E-state index contributed by atoms with van der Waals surface area (Å²) in [6.45, 7) is 0.0443. The lowest BCUT2D eigenvalue weighted by Gasteiger charge is -1.95. The highest BCUT2D eigenvalue weighted by Crippen LogP contribution is 2.20. The number of rotatable bonds is 1. The molecule has 2 N–H and O–H groups in total. The smallest absolute Gasteiger partial charge is 0.117 e. The van der Waals surface area contributed by atoms with Crippen molar-refractivity contribution >= 4 is 11.6 Å². The Hall–Kier alpha value is -1.17. The molecule has 0 heterocycles. The predicted molar refractivity (Wildman–Crippen MR) is 51.7 cm³/mol. The molecule has 0 unspecified atom stereocenters. The lowest BCUT2D eigenvalue weighted by atomic mass is 10.2. The molecule has 0 amide bonds. The first-order valence-corrected chi connectivity index (χ1v) is 4.20. The maximum Gasteiger partial charge on any atom is 0.117 e. The summed E-state index contributed by atoms with van der Waals surface area (Å²) in [4.78, 5) is 0. The molecule has 0 spiro atoms. The highest BCUT2D eigenvalue weighted by molar-refractivity contribution is 6.31. The molecule has 0 aromatic heterocycles. The van der Waals surface area contributed by atoms with Crippen molar-refractivity contribution in [2.45, 2.75) is 6.42 Å². The number of benzene rings is 1. The maximum atomic E-state index is 9.04. The van der Waals surface area contributed by atoms with Crippen LogP contribution >= 0.6 is 11.6 Å². The van der Waals surface area contributed by atoms with Crippen LogP contribution in [-0.4, -0.2) is 16.8 Å². The fourth-order valence-electron chi connectivity index (χ4n) is 0.819. The van der Waals surface area contributed by atoms with Crippen LogP contribution in [0.25, 0.3) is 0 Å². The molecule has 0 saturated carbocycles. The van der Waals surface area contributed by atoms with Gasteiger partial charge in [0.1, 0.15) is 5.75 Å². The molecule has 0 saturated heterocycles. The van der Waals surface area contributed by atoms with Crippen LogP contribution in [0.4, 0.5) is 0 Å². The summed E-state index contributed by atoms with van der Waals surface area (Å²) in [6.07, 6.45) is 0.428. The Labute approximate surface area is 81.8 Å². The van der Waals surface area contributed by atoms with Gasteiger partial charge in [0.05, 0.1) is 11.6 Å². The van der Waals surface area contributed by atoms with E-state index in [1.165, 1.54) is 12.1 Å². The fourth-order valence-corrected chi connectivity index (χ4v) is 1.04. The molecule has 2 nitrogen and oxygen atoms in total. The molecular weight excluding hydrogens is 188 g/mol. The minimum atomic E-state index is 0.0443. The van der Waals surface area contributed by atoms with Crippen molar-refractivity contribution in [2.75, 3.05) is 6.61 Å². The lowest BCUT2D eigenvalue weighted by molar-refractivity contribution is 0.305. The molecule has 1 aromatic rings. The van der Waals surface area contributed by atoms with Crippen LogP contribution in [-0.2, 0) is 0 Å². The second-order valence-electron chi connectivity index (χ2n) is 2.44. The number of aliphatic hydroxyl groups is 1. The molecule has 0 fully saturated rings. The van der Waals surface area contributed by atoms with Gasteiger partial charge in [0.25, 0.3) is 0 Å². The van der Waals surface area contributed by atoms with Crippen molar-refractivity contribution in [1.29, 1.82) is 0 Å². The second kappa shape index (κ2) is 4.76. The Morgan fingerprint density at radius 3 is 2.77 bits per heavy atom. The Kier molecular flexibility index (Phi) is 3.63. The van der Waals surface area contributed by atoms with Gasteiger partial charge in [0.2, 0.25) is 0 Å². The average Bonchev–Trinajstić information content (AvgIpc) is 2.09.